The number of hydrogen-bond acceptors (Lipinski definition) is 2. The molecule has 1 rings (SSSR count). The summed E-state index contributed by atoms with van der Waals surface area (Å²) in [6.07, 6.45) is 7.08. The van der Waals surface area contributed by atoms with Crippen LogP contribution < -0.4 is 0 Å². The summed E-state index contributed by atoms with van der Waals surface area (Å²) >= 11 is 0. The predicted molar refractivity (Wildman–Crippen MR) is 80.6 cm³/mol. The van der Waals surface area contributed by atoms with Gasteiger partial charge in [-0.15, -0.1) is 0 Å². The number of phenolic OH excluding ortho intramolecular Hbond substituents is 2. The molecule has 104 valence electrons. The molecule has 0 atom stereocenters. The van der Waals surface area contributed by atoms with E-state index in [4.69, 9.17) is 0 Å². The molecule has 0 aromatic heterocycles. The molecule has 2 nitrogen and oxygen atoms in total. The van der Waals surface area contributed by atoms with Crippen LogP contribution >= 0.6 is 0 Å². The van der Waals surface area contributed by atoms with Crippen molar-refractivity contribution in [2.45, 2.75) is 47.0 Å². The summed E-state index contributed by atoms with van der Waals surface area (Å²) in [5, 5.41) is 19.5. The zero-order valence-corrected chi connectivity index (χ0v) is 12.3. The van der Waals surface area contributed by atoms with Gasteiger partial charge in [-0.1, -0.05) is 23.3 Å². The molecule has 0 bridgehead atoms. The van der Waals surface area contributed by atoms with E-state index in [1.807, 2.05) is 0 Å². The fourth-order valence-corrected chi connectivity index (χ4v) is 1.86. The molecule has 0 heterocycles. The average molecular weight is 260 g/mol. The normalized spacial score (nSPS) is 11.5. The van der Waals surface area contributed by atoms with Crippen molar-refractivity contribution in [2.75, 3.05) is 0 Å². The van der Waals surface area contributed by atoms with E-state index >= 15 is 0 Å². The van der Waals surface area contributed by atoms with E-state index in [1.165, 1.54) is 11.1 Å². The number of hydrogen-bond donors (Lipinski definition) is 2. The first-order chi connectivity index (χ1) is 8.90. The van der Waals surface area contributed by atoms with E-state index in [0.717, 1.165) is 18.4 Å². The zero-order valence-electron chi connectivity index (χ0n) is 12.3. The summed E-state index contributed by atoms with van der Waals surface area (Å²) in [7, 11) is 0. The molecule has 1 aromatic carbocycles. The second-order valence-electron chi connectivity index (χ2n) is 5.34. The molecule has 0 radical (unpaired) electrons. The maximum atomic E-state index is 9.83. The van der Waals surface area contributed by atoms with Gasteiger partial charge in [0.1, 0.15) is 11.5 Å². The highest BCUT2D eigenvalue weighted by molar-refractivity contribution is 5.45. The molecular weight excluding hydrogens is 236 g/mol. The average Bonchev–Trinajstić information content (AvgIpc) is 2.31. The number of rotatable bonds is 5. The van der Waals surface area contributed by atoms with Gasteiger partial charge < -0.3 is 10.2 Å². The second kappa shape index (κ2) is 7.03. The van der Waals surface area contributed by atoms with Crippen LogP contribution in [0.25, 0.3) is 0 Å². The molecule has 0 fully saturated rings. The van der Waals surface area contributed by atoms with Gasteiger partial charge in [-0.25, -0.2) is 0 Å². The molecule has 0 amide bonds. The first-order valence-corrected chi connectivity index (χ1v) is 6.70. The number of allylic oxidation sites excluding steroid dienone is 4. The SMILES string of the molecule is CC(C)=CCC/C(C)=C/Cc1cc(O)c(C)cc1O. The summed E-state index contributed by atoms with van der Waals surface area (Å²) in [5.74, 6) is 0.493. The van der Waals surface area contributed by atoms with E-state index in [2.05, 4.69) is 32.9 Å². The summed E-state index contributed by atoms with van der Waals surface area (Å²) in [6, 6.07) is 3.25. The Kier molecular flexibility index (Phi) is 5.68. The maximum Gasteiger partial charge on any atom is 0.119 e. The van der Waals surface area contributed by atoms with Crippen LogP contribution in [0, 0.1) is 6.92 Å². The van der Waals surface area contributed by atoms with Crippen LogP contribution in [0.4, 0.5) is 0 Å². The van der Waals surface area contributed by atoms with Gasteiger partial charge in [-0.2, -0.15) is 0 Å². The van der Waals surface area contributed by atoms with E-state index in [1.54, 1.807) is 19.1 Å². The Labute approximate surface area is 116 Å². The minimum Gasteiger partial charge on any atom is -0.508 e. The van der Waals surface area contributed by atoms with Gasteiger partial charge in [0.2, 0.25) is 0 Å². The van der Waals surface area contributed by atoms with Gasteiger partial charge in [-0.05, 0) is 64.7 Å². The molecule has 0 unspecified atom stereocenters. The van der Waals surface area contributed by atoms with Crippen molar-refractivity contribution < 1.29 is 10.2 Å². The Balaban J connectivity index is 2.65. The van der Waals surface area contributed by atoms with E-state index in [9.17, 15) is 10.2 Å². The first kappa shape index (κ1) is 15.4. The van der Waals surface area contributed by atoms with Crippen molar-refractivity contribution in [3.63, 3.8) is 0 Å². The van der Waals surface area contributed by atoms with Crippen LogP contribution in [0.2, 0.25) is 0 Å². The molecule has 0 spiro atoms. The highest BCUT2D eigenvalue weighted by atomic mass is 16.3. The quantitative estimate of drug-likeness (QED) is 0.598. The lowest BCUT2D eigenvalue weighted by molar-refractivity contribution is 0.452. The lowest BCUT2D eigenvalue weighted by atomic mass is 10.0. The van der Waals surface area contributed by atoms with Gasteiger partial charge in [0.15, 0.2) is 0 Å². The van der Waals surface area contributed by atoms with Gasteiger partial charge in [-0.3, -0.25) is 0 Å². The fraction of sp³-hybridized carbons (Fsp3) is 0.412. The van der Waals surface area contributed by atoms with Crippen molar-refractivity contribution in [3.8, 4) is 11.5 Å². The van der Waals surface area contributed by atoms with E-state index in [0.29, 0.717) is 12.0 Å². The van der Waals surface area contributed by atoms with Gasteiger partial charge in [0.25, 0.3) is 0 Å². The van der Waals surface area contributed by atoms with Gasteiger partial charge in [0, 0.05) is 5.56 Å². The summed E-state index contributed by atoms with van der Waals surface area (Å²) in [6.45, 7) is 8.08. The summed E-state index contributed by atoms with van der Waals surface area (Å²) in [5.41, 5.74) is 4.11. The molecular formula is C17H24O2. The zero-order chi connectivity index (χ0) is 14.4. The Morgan fingerprint density at radius 1 is 1.05 bits per heavy atom. The highest BCUT2D eigenvalue weighted by Gasteiger charge is 2.04. The van der Waals surface area contributed by atoms with Crippen molar-refractivity contribution >= 4 is 0 Å². The molecule has 0 saturated heterocycles. The van der Waals surface area contributed by atoms with Crippen LogP contribution in [-0.2, 0) is 6.42 Å². The Morgan fingerprint density at radius 3 is 2.37 bits per heavy atom. The van der Waals surface area contributed by atoms with Crippen LogP contribution in [-0.4, -0.2) is 10.2 Å². The van der Waals surface area contributed by atoms with E-state index in [-0.39, 0.29) is 11.5 Å². The smallest absolute Gasteiger partial charge is 0.119 e. The third-order valence-corrected chi connectivity index (χ3v) is 3.16. The topological polar surface area (TPSA) is 40.5 Å². The third-order valence-electron chi connectivity index (χ3n) is 3.16. The van der Waals surface area contributed by atoms with Crippen LogP contribution in [0.5, 0.6) is 11.5 Å². The number of aryl methyl sites for hydroxylation is 1. The molecule has 2 heteroatoms. The second-order valence-corrected chi connectivity index (χ2v) is 5.34. The highest BCUT2D eigenvalue weighted by Crippen LogP contribution is 2.27. The lowest BCUT2D eigenvalue weighted by Gasteiger charge is -2.06. The number of benzene rings is 1. The minimum absolute atomic E-state index is 0.239. The van der Waals surface area contributed by atoms with Crippen LogP contribution in [0.1, 0.15) is 44.7 Å². The molecule has 19 heavy (non-hydrogen) atoms. The molecule has 1 aromatic rings. The van der Waals surface area contributed by atoms with Crippen molar-refractivity contribution in [2.24, 2.45) is 0 Å². The standard InChI is InChI=1S/C17H24O2/c1-12(2)6-5-7-13(3)8-9-15-11-16(18)14(4)10-17(15)19/h6,8,10-11,18-19H,5,7,9H2,1-4H3/b13-8+. The largest absolute Gasteiger partial charge is 0.508 e. The number of aromatic hydroxyl groups is 2. The summed E-state index contributed by atoms with van der Waals surface area (Å²) in [4.78, 5) is 0. The van der Waals surface area contributed by atoms with Gasteiger partial charge in [0.05, 0.1) is 0 Å². The molecule has 0 saturated carbocycles. The van der Waals surface area contributed by atoms with Crippen LogP contribution in [0.15, 0.2) is 35.4 Å². The Hall–Kier alpha value is -1.70. The lowest BCUT2D eigenvalue weighted by Crippen LogP contribution is -1.87. The van der Waals surface area contributed by atoms with E-state index < -0.39 is 0 Å². The Bertz CT molecular complexity index is 492. The van der Waals surface area contributed by atoms with Crippen molar-refractivity contribution in [3.05, 3.63) is 46.6 Å². The molecule has 0 aliphatic rings. The fourth-order valence-electron chi connectivity index (χ4n) is 1.86. The summed E-state index contributed by atoms with van der Waals surface area (Å²) < 4.78 is 0. The molecule has 2 N–H and O–H groups in total. The Morgan fingerprint density at radius 2 is 1.74 bits per heavy atom. The number of phenols is 2. The third kappa shape index (κ3) is 5.21. The van der Waals surface area contributed by atoms with Crippen LogP contribution in [0.3, 0.4) is 0 Å². The van der Waals surface area contributed by atoms with Crippen molar-refractivity contribution in [1.29, 1.82) is 0 Å². The molecule has 0 aliphatic heterocycles. The van der Waals surface area contributed by atoms with Gasteiger partial charge >= 0.3 is 0 Å². The monoisotopic (exact) mass is 260 g/mol. The maximum absolute atomic E-state index is 9.83. The predicted octanol–water partition coefficient (Wildman–Crippen LogP) is 4.64. The van der Waals surface area contributed by atoms with Crippen molar-refractivity contribution in [1.82, 2.24) is 0 Å². The molecule has 0 aliphatic carbocycles. The minimum atomic E-state index is 0.239. The first-order valence-electron chi connectivity index (χ1n) is 6.70.